The lowest BCUT2D eigenvalue weighted by Crippen LogP contribution is -2.46. The van der Waals surface area contributed by atoms with E-state index in [1.54, 1.807) is 12.1 Å². The largest absolute Gasteiger partial charge is 0.369 e. The number of carbonyl (C=O) groups is 1. The highest BCUT2D eigenvalue weighted by Crippen LogP contribution is 2.18. The number of unbranched alkanes of at least 4 members (excludes halogenated alkanes) is 1. The van der Waals surface area contributed by atoms with E-state index in [-0.39, 0.29) is 11.7 Å². The van der Waals surface area contributed by atoms with E-state index in [0.717, 1.165) is 45.6 Å². The first-order valence-electron chi connectivity index (χ1n) is 10.8. The van der Waals surface area contributed by atoms with Crippen LogP contribution in [-0.4, -0.2) is 50.1 Å². The molecule has 2 aromatic rings. The molecule has 162 valence electrons. The fourth-order valence-electron chi connectivity index (χ4n) is 3.80. The van der Waals surface area contributed by atoms with Crippen LogP contribution in [0.25, 0.3) is 0 Å². The summed E-state index contributed by atoms with van der Waals surface area (Å²) < 4.78 is 14.5. The number of hydrogen-bond donors (Lipinski definition) is 1. The molecule has 1 heterocycles. The van der Waals surface area contributed by atoms with E-state index in [9.17, 15) is 9.18 Å². The van der Waals surface area contributed by atoms with Gasteiger partial charge in [0.15, 0.2) is 0 Å². The van der Waals surface area contributed by atoms with Gasteiger partial charge < -0.3 is 10.2 Å². The number of halogens is 2. The van der Waals surface area contributed by atoms with Crippen molar-refractivity contribution in [1.82, 2.24) is 10.2 Å². The van der Waals surface area contributed by atoms with Gasteiger partial charge in [-0.1, -0.05) is 34.1 Å². The molecule has 0 unspecified atom stereocenters. The van der Waals surface area contributed by atoms with Crippen molar-refractivity contribution in [3.63, 3.8) is 0 Å². The zero-order valence-corrected chi connectivity index (χ0v) is 19.3. The molecule has 1 N–H and O–H groups in total. The van der Waals surface area contributed by atoms with Gasteiger partial charge in [0.25, 0.3) is 0 Å². The molecule has 0 radical (unpaired) electrons. The maximum Gasteiger partial charge on any atom is 0.220 e. The molecule has 30 heavy (non-hydrogen) atoms. The Labute approximate surface area is 187 Å². The Morgan fingerprint density at radius 1 is 1.10 bits per heavy atom. The Morgan fingerprint density at radius 3 is 2.63 bits per heavy atom. The van der Waals surface area contributed by atoms with Crippen molar-refractivity contribution in [1.29, 1.82) is 0 Å². The summed E-state index contributed by atoms with van der Waals surface area (Å²) in [5.74, 6) is -0.274. The normalized spacial score (nSPS) is 14.7. The molecule has 1 amide bonds. The molecule has 1 fully saturated rings. The number of hydrogen-bond acceptors (Lipinski definition) is 3. The fourth-order valence-corrected chi connectivity index (χ4v) is 4.14. The molecule has 0 spiro atoms. The van der Waals surface area contributed by atoms with Gasteiger partial charge in [0.05, 0.1) is 0 Å². The predicted molar refractivity (Wildman–Crippen MR) is 124 cm³/mol. The molecule has 0 saturated carbocycles. The zero-order chi connectivity index (χ0) is 21.3. The van der Waals surface area contributed by atoms with E-state index in [2.05, 4.69) is 62.2 Å². The summed E-state index contributed by atoms with van der Waals surface area (Å²) in [6.45, 7) is 8.18. The molecule has 1 saturated heterocycles. The number of piperazine rings is 1. The third kappa shape index (κ3) is 7.10. The molecular formula is C24H31BrFN3O. The molecular weight excluding hydrogens is 445 g/mol. The lowest BCUT2D eigenvalue weighted by atomic mass is 10.1. The van der Waals surface area contributed by atoms with Gasteiger partial charge in [-0.2, -0.15) is 0 Å². The molecule has 1 aliphatic rings. The van der Waals surface area contributed by atoms with Crippen LogP contribution >= 0.6 is 15.9 Å². The Morgan fingerprint density at radius 2 is 1.90 bits per heavy atom. The summed E-state index contributed by atoms with van der Waals surface area (Å²) >= 11 is 3.24. The van der Waals surface area contributed by atoms with Crippen LogP contribution in [-0.2, 0) is 11.2 Å². The summed E-state index contributed by atoms with van der Waals surface area (Å²) in [7, 11) is 0. The van der Waals surface area contributed by atoms with Crippen molar-refractivity contribution in [2.75, 3.05) is 44.2 Å². The average Bonchev–Trinajstić information content (AvgIpc) is 2.73. The molecule has 0 atom stereocenters. The number of nitrogens with one attached hydrogen (secondary N) is 1. The Hall–Kier alpha value is -1.92. The maximum atomic E-state index is 13.8. The van der Waals surface area contributed by atoms with Gasteiger partial charge in [0, 0.05) is 49.3 Å². The second kappa shape index (κ2) is 11.5. The van der Waals surface area contributed by atoms with E-state index in [1.165, 1.54) is 17.3 Å². The first kappa shape index (κ1) is 22.8. The highest BCUT2D eigenvalue weighted by molar-refractivity contribution is 9.10. The van der Waals surface area contributed by atoms with E-state index in [4.69, 9.17) is 0 Å². The predicted octanol–water partition coefficient (Wildman–Crippen LogP) is 4.55. The van der Waals surface area contributed by atoms with Gasteiger partial charge in [0.1, 0.15) is 5.82 Å². The highest BCUT2D eigenvalue weighted by Gasteiger charge is 2.16. The maximum absolute atomic E-state index is 13.8. The first-order valence-corrected chi connectivity index (χ1v) is 11.5. The summed E-state index contributed by atoms with van der Waals surface area (Å²) in [6.07, 6.45) is 2.79. The number of carbonyl (C=O) groups excluding carboxylic acids is 1. The molecule has 6 heteroatoms. The van der Waals surface area contributed by atoms with Crippen LogP contribution in [0.3, 0.4) is 0 Å². The minimum absolute atomic E-state index is 0.0101. The Balaban J connectivity index is 1.25. The summed E-state index contributed by atoms with van der Waals surface area (Å²) in [5.41, 5.74) is 3.21. The van der Waals surface area contributed by atoms with Gasteiger partial charge in [0.2, 0.25) is 5.91 Å². The third-order valence-corrected chi connectivity index (χ3v) is 6.09. The summed E-state index contributed by atoms with van der Waals surface area (Å²) in [5, 5.41) is 2.96. The summed E-state index contributed by atoms with van der Waals surface area (Å²) in [6, 6.07) is 13.7. The lowest BCUT2D eigenvalue weighted by Gasteiger charge is -2.36. The fraction of sp³-hybridized carbons (Fsp3) is 0.458. The number of benzene rings is 2. The molecule has 3 rings (SSSR count). The molecule has 1 aliphatic heterocycles. The van der Waals surface area contributed by atoms with Crippen LogP contribution in [0, 0.1) is 12.7 Å². The Kier molecular flexibility index (Phi) is 8.70. The molecule has 2 aromatic carbocycles. The van der Waals surface area contributed by atoms with Crippen LogP contribution in [0.1, 0.15) is 30.4 Å². The van der Waals surface area contributed by atoms with E-state index >= 15 is 0 Å². The smallest absolute Gasteiger partial charge is 0.220 e. The average molecular weight is 476 g/mol. The number of anilines is 1. The van der Waals surface area contributed by atoms with Crippen molar-refractivity contribution in [3.8, 4) is 0 Å². The standard InChI is InChI=1S/C24H31BrFN3O/c1-19-5-4-6-22(17-19)29-15-13-28(14-16-29)12-3-2-11-27-24(30)10-8-20-7-9-21(25)18-23(20)26/h4-7,9,17-18H,2-3,8,10-16H2,1H3,(H,27,30). The SMILES string of the molecule is Cc1cccc(N2CCN(CCCCNC(=O)CCc3ccc(Br)cc3F)CC2)c1. The number of nitrogens with zero attached hydrogens (tertiary/aromatic N) is 2. The molecule has 0 aliphatic carbocycles. The first-order chi connectivity index (χ1) is 14.5. The van der Waals surface area contributed by atoms with Crippen molar-refractivity contribution < 1.29 is 9.18 Å². The topological polar surface area (TPSA) is 35.6 Å². The lowest BCUT2D eigenvalue weighted by molar-refractivity contribution is -0.121. The highest BCUT2D eigenvalue weighted by atomic mass is 79.9. The van der Waals surface area contributed by atoms with Crippen molar-refractivity contribution in [3.05, 3.63) is 63.9 Å². The van der Waals surface area contributed by atoms with Gasteiger partial charge in [-0.15, -0.1) is 0 Å². The quantitative estimate of drug-likeness (QED) is 0.540. The zero-order valence-electron chi connectivity index (χ0n) is 17.7. The second-order valence-electron chi connectivity index (χ2n) is 7.96. The van der Waals surface area contributed by atoms with Gasteiger partial charge >= 0.3 is 0 Å². The van der Waals surface area contributed by atoms with Crippen LogP contribution < -0.4 is 10.2 Å². The number of rotatable bonds is 9. The van der Waals surface area contributed by atoms with Crippen molar-refractivity contribution >= 4 is 27.5 Å². The molecule has 4 nitrogen and oxygen atoms in total. The van der Waals surface area contributed by atoms with E-state index < -0.39 is 0 Å². The Bertz CT molecular complexity index is 837. The second-order valence-corrected chi connectivity index (χ2v) is 8.88. The minimum atomic E-state index is -0.264. The third-order valence-electron chi connectivity index (χ3n) is 5.60. The van der Waals surface area contributed by atoms with Crippen LogP contribution in [0.15, 0.2) is 46.9 Å². The number of amides is 1. The van der Waals surface area contributed by atoms with Gasteiger partial charge in [-0.3, -0.25) is 9.69 Å². The van der Waals surface area contributed by atoms with Crippen LogP contribution in [0.2, 0.25) is 0 Å². The van der Waals surface area contributed by atoms with E-state index in [0.29, 0.717) is 29.4 Å². The molecule has 0 aromatic heterocycles. The van der Waals surface area contributed by atoms with Crippen LogP contribution in [0.5, 0.6) is 0 Å². The molecule has 0 bridgehead atoms. The van der Waals surface area contributed by atoms with Gasteiger partial charge in [-0.25, -0.2) is 4.39 Å². The summed E-state index contributed by atoms with van der Waals surface area (Å²) in [4.78, 5) is 17.0. The van der Waals surface area contributed by atoms with Crippen molar-refractivity contribution in [2.24, 2.45) is 0 Å². The number of aryl methyl sites for hydroxylation is 2. The van der Waals surface area contributed by atoms with Crippen molar-refractivity contribution in [2.45, 2.75) is 32.6 Å². The van der Waals surface area contributed by atoms with Gasteiger partial charge in [-0.05, 0) is 68.1 Å². The minimum Gasteiger partial charge on any atom is -0.369 e. The monoisotopic (exact) mass is 475 g/mol. The van der Waals surface area contributed by atoms with E-state index in [1.807, 2.05) is 0 Å². The van der Waals surface area contributed by atoms with Crippen LogP contribution in [0.4, 0.5) is 10.1 Å².